The molecule has 0 aliphatic heterocycles. The first-order chi connectivity index (χ1) is 40.3. The number of aliphatic hydroxyl groups excluding tert-OH is 12. The van der Waals surface area contributed by atoms with Gasteiger partial charge in [0, 0.05) is 44.1 Å². The van der Waals surface area contributed by atoms with Gasteiger partial charge in [-0.05, 0) is 35.4 Å². The van der Waals surface area contributed by atoms with Crippen LogP contribution in [0.5, 0.6) is 0 Å². The van der Waals surface area contributed by atoms with Crippen LogP contribution in [0.4, 0.5) is 47.1 Å². The summed E-state index contributed by atoms with van der Waals surface area (Å²) in [7, 11) is -20.6. The van der Waals surface area contributed by atoms with Gasteiger partial charge in [0.05, 0.1) is 107 Å². The minimum absolute atomic E-state index is 0. The molecule has 90 heavy (non-hydrogen) atoms. The van der Waals surface area contributed by atoms with Crippen LogP contribution in [0.15, 0.2) is 46.2 Å². The molecule has 0 aliphatic carbocycles. The van der Waals surface area contributed by atoms with Gasteiger partial charge in [0.15, 0.2) is 0 Å². The van der Waals surface area contributed by atoms with Gasteiger partial charge in [0.2, 0.25) is 35.7 Å². The van der Waals surface area contributed by atoms with Gasteiger partial charge in [-0.2, -0.15) is 29.9 Å². The van der Waals surface area contributed by atoms with E-state index >= 15 is 0 Å². The van der Waals surface area contributed by atoms with E-state index in [1.165, 1.54) is 0 Å². The Morgan fingerprint density at radius 1 is 0.489 bits per heavy atom. The number of ether oxygens (including phenoxy) is 2. The average Bonchev–Trinajstić information content (AvgIpc) is 1.32. The second kappa shape index (κ2) is 43.9. The molecule has 16 N–H and O–H groups in total. The second-order valence-electron chi connectivity index (χ2n) is 18.0. The van der Waals surface area contributed by atoms with Crippen molar-refractivity contribution in [3.63, 3.8) is 0 Å². The van der Waals surface area contributed by atoms with Crippen molar-refractivity contribution in [1.82, 2.24) is 29.9 Å². The van der Waals surface area contributed by atoms with Crippen LogP contribution < -0.4 is 237 Å². The van der Waals surface area contributed by atoms with Crippen LogP contribution in [0.25, 0.3) is 12.2 Å². The summed E-state index contributed by atoms with van der Waals surface area (Å²) in [5.41, 5.74) is -1.36. The third kappa shape index (κ3) is 31.2. The molecule has 4 aromatic rings. The van der Waals surface area contributed by atoms with E-state index in [2.05, 4.69) is 51.2 Å². The van der Waals surface area contributed by atoms with Crippen LogP contribution in [0.1, 0.15) is 11.1 Å². The molecule has 0 bridgehead atoms. The van der Waals surface area contributed by atoms with Gasteiger partial charge >= 0.3 is 206 Å². The summed E-state index contributed by atoms with van der Waals surface area (Å²) in [6.07, 6.45) is -12.3. The number of nitrogens with one attached hydrogen (secondary N) is 4. The van der Waals surface area contributed by atoms with Gasteiger partial charge in [-0.1, -0.05) is 24.3 Å². The van der Waals surface area contributed by atoms with Gasteiger partial charge in [-0.15, -0.1) is 0 Å². The summed E-state index contributed by atoms with van der Waals surface area (Å²) < 4.78 is 156. The van der Waals surface area contributed by atoms with E-state index in [-0.39, 0.29) is 256 Å². The Morgan fingerprint density at radius 3 is 1.28 bits per heavy atom. The van der Waals surface area contributed by atoms with Crippen LogP contribution >= 0.6 is 0 Å². The van der Waals surface area contributed by atoms with Crippen molar-refractivity contribution in [2.24, 2.45) is 0 Å². The fraction of sp³-hybridized carbons (Fsp3) is 0.545. The maximum atomic E-state index is 12.8. The number of hydrogen-bond donors (Lipinski definition) is 16. The van der Waals surface area contributed by atoms with Crippen molar-refractivity contribution in [3.05, 3.63) is 47.5 Å². The number of rotatable bonds is 40. The maximum Gasteiger partial charge on any atom is 1.00 e. The molecule has 0 fully saturated rings. The monoisotopic (exact) mass is 1460 g/mol. The van der Waals surface area contributed by atoms with Crippen LogP contribution in [-0.4, -0.2) is 296 Å². The molecule has 2 aromatic carbocycles. The Morgan fingerprint density at radius 2 is 0.878 bits per heavy atom. The first kappa shape index (κ1) is 90.6. The van der Waals surface area contributed by atoms with Crippen molar-refractivity contribution in [3.8, 4) is 0 Å². The Labute approximate surface area is 686 Å². The maximum absolute atomic E-state index is 12.8. The third-order valence-electron chi connectivity index (χ3n) is 11.7. The first-order valence-corrected chi connectivity index (χ1v) is 31.1. The van der Waals surface area contributed by atoms with Gasteiger partial charge in [-0.25, -0.2) is 33.7 Å². The van der Waals surface area contributed by atoms with Crippen LogP contribution in [0, 0.1) is 0 Å². The molecule has 0 saturated heterocycles. The standard InChI is InChI=1S/C44H68N12O26S4.4K/c57-11-15-81-13-9-55(21-30(62)36(66)38(68)32(64)24-61)43-51-39(45-7-17-83(69,70)71)49-41(53-43)47-27-5-3-25(33(19-27)85(75,76)77)1-2-26-4-6-28(20-34(26)86(78,79)80)48-42-50-40(46-8-18-84(72,73)74)52-44(54-42)56(10-14-82-16-12-58)29(22-59)35(65)37(67)31(63)23-60;;;;/h1-6,19-20,29-32,35-38,57-68H,7-18,21-24H2,(H,69,70,71)(H,72,73,74)(H,75,76,77)(H,78,79,80)(H2,45,47,49,51,53)(H2,46,48,50,52,54);;;;/q;4*+1/p-4. The van der Waals surface area contributed by atoms with E-state index in [1.54, 1.807) is 0 Å². The van der Waals surface area contributed by atoms with Crippen molar-refractivity contribution in [2.45, 2.75) is 58.6 Å². The predicted octanol–water partition coefficient (Wildman–Crippen LogP) is -20.0. The quantitative estimate of drug-likeness (QED) is 0.00851. The van der Waals surface area contributed by atoms with E-state index in [4.69, 9.17) is 9.47 Å². The van der Waals surface area contributed by atoms with E-state index in [1.807, 2.05) is 0 Å². The first-order valence-electron chi connectivity index (χ1n) is 25.1. The Bertz CT molecular complexity index is 3330. The molecule has 0 spiro atoms. The molecular weight excluding hydrogens is 1400 g/mol. The minimum Gasteiger partial charge on any atom is -0.748 e. The molecule has 46 heteroatoms. The molecule has 2 heterocycles. The van der Waals surface area contributed by atoms with E-state index in [9.17, 15) is 113 Å². The SMILES string of the molecule is O=S(=O)([O-])CCNc1nc(Nc2ccc(C=Cc3ccc(Nc4nc(NCCS(=O)(=O)[O-])nc(N(CCOCCO)C(CO)C(O)C(O)C(O)CO)n4)cc3S(=O)(=O)[O-])c(S(=O)(=O)[O-])c2)nc(N(CCOCCO)CC(O)C(O)C(O)C(O)CO)n1.[K+].[K+].[K+].[K+]. The van der Waals surface area contributed by atoms with E-state index < -0.39 is 210 Å². The molecule has 484 valence electrons. The number of anilines is 8. The molecule has 8 unspecified atom stereocenters. The average molecular weight is 1460 g/mol. The summed E-state index contributed by atoms with van der Waals surface area (Å²) >= 11 is 0. The predicted molar refractivity (Wildman–Crippen MR) is 293 cm³/mol. The topological polar surface area (TPSA) is 622 Å². The van der Waals surface area contributed by atoms with Crippen LogP contribution in [-0.2, 0) is 49.9 Å². The summed E-state index contributed by atoms with van der Waals surface area (Å²) in [6, 6.07) is 4.25. The Balaban J connectivity index is 0.0000198. The normalized spacial score (nSPS) is 14.6. The summed E-state index contributed by atoms with van der Waals surface area (Å²) in [5.74, 6) is -4.98. The zero-order valence-electron chi connectivity index (χ0n) is 48.8. The van der Waals surface area contributed by atoms with Crippen LogP contribution in [0.2, 0.25) is 0 Å². The van der Waals surface area contributed by atoms with Gasteiger partial charge in [-0.3, -0.25) is 0 Å². The fourth-order valence-corrected chi connectivity index (χ4v) is 9.52. The van der Waals surface area contributed by atoms with E-state index in [0.29, 0.717) is 0 Å². The second-order valence-corrected chi connectivity index (χ2v) is 23.8. The van der Waals surface area contributed by atoms with Gasteiger partial charge < -0.3 is 120 Å². The molecular formula is C44H64K4N12O26S4. The van der Waals surface area contributed by atoms with Gasteiger partial charge in [0.25, 0.3) is 0 Å². The molecule has 0 radical (unpaired) electrons. The summed E-state index contributed by atoms with van der Waals surface area (Å²) in [5, 5.41) is 131. The van der Waals surface area contributed by atoms with Gasteiger partial charge in [0.1, 0.15) is 63.0 Å². The Kier molecular flexibility index (Phi) is 44.2. The molecule has 4 rings (SSSR count). The summed E-state index contributed by atoms with van der Waals surface area (Å²) in [6.45, 7) is -7.39. The molecule has 8 atom stereocenters. The zero-order chi connectivity index (χ0) is 64.2. The number of aliphatic hydroxyl groups is 12. The third-order valence-corrected chi connectivity index (χ3v) is 14.9. The number of nitrogens with zero attached hydrogens (tertiary/aromatic N) is 8. The number of benzene rings is 2. The number of hydrogen-bond acceptors (Lipinski definition) is 38. The van der Waals surface area contributed by atoms with Crippen molar-refractivity contribution >= 4 is 99.7 Å². The molecule has 2 aromatic heterocycles. The number of aromatic nitrogens is 6. The molecule has 38 nitrogen and oxygen atoms in total. The smallest absolute Gasteiger partial charge is 0.748 e. The van der Waals surface area contributed by atoms with Crippen molar-refractivity contribution in [2.75, 3.05) is 135 Å². The fourth-order valence-electron chi connectivity index (χ4n) is 7.42. The minimum atomic E-state index is -5.49. The van der Waals surface area contributed by atoms with Crippen molar-refractivity contribution in [1.29, 1.82) is 0 Å². The van der Waals surface area contributed by atoms with Crippen molar-refractivity contribution < 1.29 is 328 Å². The van der Waals surface area contributed by atoms with Crippen LogP contribution in [0.3, 0.4) is 0 Å². The van der Waals surface area contributed by atoms with E-state index in [0.717, 1.165) is 58.4 Å². The Hall–Kier alpha value is 0.625. The zero-order valence-corrected chi connectivity index (χ0v) is 64.6. The molecule has 0 amide bonds. The molecule has 0 saturated carbocycles. The molecule has 0 aliphatic rings. The largest absolute Gasteiger partial charge is 1.00 e. The summed E-state index contributed by atoms with van der Waals surface area (Å²) in [4.78, 5) is 25.0.